The van der Waals surface area contributed by atoms with Crippen LogP contribution in [0.25, 0.3) is 0 Å². The van der Waals surface area contributed by atoms with Crippen molar-refractivity contribution in [2.24, 2.45) is 5.41 Å². The van der Waals surface area contributed by atoms with E-state index in [1.807, 2.05) is 20.8 Å². The van der Waals surface area contributed by atoms with Crippen LogP contribution in [0.5, 0.6) is 0 Å². The number of carbonyl (C=O) groups excluding carboxylic acids is 1. The predicted octanol–water partition coefficient (Wildman–Crippen LogP) is 2.91. The van der Waals surface area contributed by atoms with E-state index in [1.165, 1.54) is 0 Å². The van der Waals surface area contributed by atoms with Crippen LogP contribution >= 0.6 is 0 Å². The molecule has 0 unspecified atom stereocenters. The highest BCUT2D eigenvalue weighted by atomic mass is 16.2. The molecule has 0 bridgehead atoms. The zero-order valence-corrected chi connectivity index (χ0v) is 12.6. The van der Waals surface area contributed by atoms with Crippen LogP contribution in [0.4, 0.5) is 11.4 Å². The second-order valence-electron chi connectivity index (χ2n) is 5.49. The van der Waals surface area contributed by atoms with Gasteiger partial charge in [0.2, 0.25) is 5.91 Å². The van der Waals surface area contributed by atoms with Crippen LogP contribution in [0.15, 0.2) is 35.5 Å². The molecular formula is C16H15N5O. The van der Waals surface area contributed by atoms with Crippen molar-refractivity contribution in [1.82, 2.24) is 0 Å². The maximum Gasteiger partial charge on any atom is 0.229 e. The summed E-state index contributed by atoms with van der Waals surface area (Å²) < 4.78 is 0. The van der Waals surface area contributed by atoms with Crippen molar-refractivity contribution in [3.8, 4) is 18.2 Å². The van der Waals surface area contributed by atoms with Gasteiger partial charge in [0.15, 0.2) is 5.57 Å². The Morgan fingerprint density at radius 1 is 0.909 bits per heavy atom. The van der Waals surface area contributed by atoms with Crippen LogP contribution in [0.2, 0.25) is 0 Å². The molecule has 0 aliphatic rings. The monoisotopic (exact) mass is 293 g/mol. The van der Waals surface area contributed by atoms with E-state index < -0.39 is 5.41 Å². The second kappa shape index (κ2) is 6.92. The predicted molar refractivity (Wildman–Crippen MR) is 82.0 cm³/mol. The van der Waals surface area contributed by atoms with Gasteiger partial charge in [0.25, 0.3) is 0 Å². The molecule has 2 N–H and O–H groups in total. The van der Waals surface area contributed by atoms with Gasteiger partial charge in [-0.3, -0.25) is 4.79 Å². The van der Waals surface area contributed by atoms with Gasteiger partial charge in [0.1, 0.15) is 23.9 Å². The fourth-order valence-electron chi connectivity index (χ4n) is 1.38. The van der Waals surface area contributed by atoms with Gasteiger partial charge in [-0.1, -0.05) is 20.8 Å². The van der Waals surface area contributed by atoms with Crippen molar-refractivity contribution in [1.29, 1.82) is 15.8 Å². The number of rotatable bonds is 3. The van der Waals surface area contributed by atoms with E-state index in [-0.39, 0.29) is 17.2 Å². The smallest absolute Gasteiger partial charge is 0.229 e. The molecule has 0 fully saturated rings. The Hall–Kier alpha value is -3.30. The van der Waals surface area contributed by atoms with E-state index in [9.17, 15) is 4.79 Å². The highest BCUT2D eigenvalue weighted by Gasteiger charge is 2.21. The van der Waals surface area contributed by atoms with Crippen molar-refractivity contribution in [3.05, 3.63) is 35.5 Å². The molecule has 1 aromatic rings. The van der Waals surface area contributed by atoms with Crippen LogP contribution in [0.1, 0.15) is 20.8 Å². The van der Waals surface area contributed by atoms with E-state index in [0.717, 1.165) is 0 Å². The maximum absolute atomic E-state index is 11.9. The number of anilines is 2. The maximum atomic E-state index is 11.9. The van der Waals surface area contributed by atoms with Gasteiger partial charge in [0, 0.05) is 16.8 Å². The number of benzene rings is 1. The molecule has 0 aliphatic heterocycles. The molecule has 0 aliphatic carbocycles. The van der Waals surface area contributed by atoms with Crippen LogP contribution < -0.4 is 10.6 Å². The summed E-state index contributed by atoms with van der Waals surface area (Å²) in [4.78, 5) is 11.9. The highest BCUT2D eigenvalue weighted by molar-refractivity contribution is 5.94. The summed E-state index contributed by atoms with van der Waals surface area (Å²) in [6.07, 6.45) is 0. The minimum atomic E-state index is -0.498. The summed E-state index contributed by atoms with van der Waals surface area (Å²) in [5.74, 6) is -0.109. The minimum absolute atomic E-state index is 0.109. The van der Waals surface area contributed by atoms with Gasteiger partial charge in [-0.15, -0.1) is 0 Å². The first-order valence-corrected chi connectivity index (χ1v) is 6.45. The Labute approximate surface area is 129 Å². The van der Waals surface area contributed by atoms with Gasteiger partial charge in [-0.25, -0.2) is 0 Å². The van der Waals surface area contributed by atoms with Gasteiger partial charge in [0.05, 0.1) is 0 Å². The van der Waals surface area contributed by atoms with E-state index in [2.05, 4.69) is 10.6 Å². The number of hydrogen-bond acceptors (Lipinski definition) is 5. The number of carbonyl (C=O) groups is 1. The first-order chi connectivity index (χ1) is 10.3. The summed E-state index contributed by atoms with van der Waals surface area (Å²) in [6.45, 7) is 5.44. The third kappa shape index (κ3) is 4.37. The first kappa shape index (κ1) is 16.8. The molecule has 0 saturated heterocycles. The number of nitrogens with zero attached hydrogens (tertiary/aromatic N) is 3. The number of allylic oxidation sites excluding steroid dienone is 2. The molecular weight excluding hydrogens is 278 g/mol. The van der Waals surface area contributed by atoms with E-state index in [4.69, 9.17) is 15.8 Å². The zero-order valence-electron chi connectivity index (χ0n) is 12.6. The number of amides is 1. The molecule has 1 amide bonds. The first-order valence-electron chi connectivity index (χ1n) is 6.45. The molecule has 6 heteroatoms. The van der Waals surface area contributed by atoms with Crippen LogP contribution in [-0.2, 0) is 4.79 Å². The summed E-state index contributed by atoms with van der Waals surface area (Å²) in [7, 11) is 0. The number of hydrogen-bond donors (Lipinski definition) is 2. The molecule has 6 nitrogen and oxygen atoms in total. The van der Waals surface area contributed by atoms with Crippen LogP contribution in [-0.4, -0.2) is 5.91 Å². The quantitative estimate of drug-likeness (QED) is 0.832. The summed E-state index contributed by atoms with van der Waals surface area (Å²) >= 11 is 0. The van der Waals surface area contributed by atoms with E-state index in [1.54, 1.807) is 42.5 Å². The lowest BCUT2D eigenvalue weighted by Gasteiger charge is -2.17. The third-order valence-electron chi connectivity index (χ3n) is 2.68. The molecule has 0 heterocycles. The lowest BCUT2D eigenvalue weighted by Crippen LogP contribution is -2.27. The molecule has 110 valence electrons. The van der Waals surface area contributed by atoms with Gasteiger partial charge in [-0.2, -0.15) is 15.8 Å². The Morgan fingerprint density at radius 2 is 1.36 bits per heavy atom. The van der Waals surface area contributed by atoms with Gasteiger partial charge in [-0.05, 0) is 24.3 Å². The van der Waals surface area contributed by atoms with Crippen molar-refractivity contribution in [2.75, 3.05) is 10.6 Å². The molecule has 0 saturated carbocycles. The summed E-state index contributed by atoms with van der Waals surface area (Å²) in [5, 5.41) is 31.9. The summed E-state index contributed by atoms with van der Waals surface area (Å²) in [6, 6.07) is 11.7. The average Bonchev–Trinajstić information content (AvgIpc) is 2.48. The fourth-order valence-corrected chi connectivity index (χ4v) is 1.38. The van der Waals surface area contributed by atoms with Crippen molar-refractivity contribution in [2.45, 2.75) is 20.8 Å². The van der Waals surface area contributed by atoms with E-state index in [0.29, 0.717) is 11.4 Å². The fraction of sp³-hybridized carbons (Fsp3) is 0.250. The van der Waals surface area contributed by atoms with Crippen molar-refractivity contribution >= 4 is 17.3 Å². The third-order valence-corrected chi connectivity index (χ3v) is 2.68. The van der Waals surface area contributed by atoms with Crippen LogP contribution in [0, 0.1) is 39.4 Å². The van der Waals surface area contributed by atoms with Gasteiger partial charge < -0.3 is 10.6 Å². The Morgan fingerprint density at radius 3 is 1.73 bits per heavy atom. The lowest BCUT2D eigenvalue weighted by atomic mass is 9.95. The number of nitrogens with one attached hydrogen (secondary N) is 2. The largest absolute Gasteiger partial charge is 0.345 e. The molecule has 1 rings (SSSR count). The Balaban J connectivity index is 2.90. The normalized spacial score (nSPS) is 9.64. The second-order valence-corrected chi connectivity index (χ2v) is 5.49. The molecule has 22 heavy (non-hydrogen) atoms. The summed E-state index contributed by atoms with van der Waals surface area (Å²) in [5.41, 5.74) is 0.258. The van der Waals surface area contributed by atoms with Crippen LogP contribution in [0.3, 0.4) is 0 Å². The number of nitriles is 3. The molecule has 0 radical (unpaired) electrons. The zero-order chi connectivity index (χ0) is 16.8. The molecule has 0 atom stereocenters. The van der Waals surface area contributed by atoms with Crippen molar-refractivity contribution in [3.63, 3.8) is 0 Å². The molecule has 0 aromatic heterocycles. The van der Waals surface area contributed by atoms with Gasteiger partial charge >= 0.3 is 0 Å². The van der Waals surface area contributed by atoms with E-state index >= 15 is 0 Å². The lowest BCUT2D eigenvalue weighted by molar-refractivity contribution is -0.123. The Bertz CT molecular complexity index is 702. The highest BCUT2D eigenvalue weighted by Crippen LogP contribution is 2.20. The topological polar surface area (TPSA) is 112 Å². The average molecular weight is 293 g/mol. The van der Waals surface area contributed by atoms with Crippen molar-refractivity contribution < 1.29 is 4.79 Å². The Kier molecular flexibility index (Phi) is 5.27. The molecule has 0 spiro atoms. The minimum Gasteiger partial charge on any atom is -0.345 e. The SMILES string of the molecule is CC(C)(C)C(=O)Nc1ccc(NC(C#N)=C(C#N)C#N)cc1. The molecule has 1 aromatic carbocycles. The standard InChI is InChI=1S/C16H15N5O/c1-16(2,3)15(22)21-13-6-4-12(5-7-13)20-14(10-19)11(8-17)9-18/h4-7,20H,1-3H3,(H,21,22).